The number of anilines is 2. The third kappa shape index (κ3) is 6.05. The Morgan fingerprint density at radius 1 is 1.07 bits per heavy atom. The van der Waals surface area contributed by atoms with Crippen LogP contribution in [0.2, 0.25) is 0 Å². The van der Waals surface area contributed by atoms with E-state index in [-0.39, 0.29) is 18.4 Å². The highest BCUT2D eigenvalue weighted by Crippen LogP contribution is 2.18. The van der Waals surface area contributed by atoms with Crippen molar-refractivity contribution in [1.29, 1.82) is 0 Å². The molecule has 0 radical (unpaired) electrons. The van der Waals surface area contributed by atoms with Crippen molar-refractivity contribution in [3.63, 3.8) is 0 Å². The highest BCUT2D eigenvalue weighted by Gasteiger charge is 2.11. The maximum Gasteiger partial charge on any atom is 0.325 e. The number of urea groups is 1. The lowest BCUT2D eigenvalue weighted by molar-refractivity contribution is -0.120. The van der Waals surface area contributed by atoms with Crippen LogP contribution in [0.3, 0.4) is 0 Å². The third-order valence-electron chi connectivity index (χ3n) is 4.09. The van der Waals surface area contributed by atoms with E-state index in [0.29, 0.717) is 23.1 Å². The van der Waals surface area contributed by atoms with Gasteiger partial charge in [0.25, 0.3) is 0 Å². The minimum atomic E-state index is -0.379. The van der Waals surface area contributed by atoms with Crippen LogP contribution < -0.4 is 20.7 Å². The Bertz CT molecular complexity index is 986. The summed E-state index contributed by atoms with van der Waals surface area (Å²) in [7, 11) is 1.60. The molecule has 0 spiro atoms. The minimum Gasteiger partial charge on any atom is -0.496 e. The van der Waals surface area contributed by atoms with E-state index in [4.69, 9.17) is 4.74 Å². The van der Waals surface area contributed by atoms with E-state index >= 15 is 0 Å². The number of methoxy groups -OCH3 is 1. The molecule has 3 rings (SSSR count). The molecule has 3 aromatic rings. The van der Waals surface area contributed by atoms with Gasteiger partial charge in [-0.05, 0) is 25.1 Å². The first kappa shape index (κ1) is 20.3. The van der Waals surface area contributed by atoms with Crippen molar-refractivity contribution in [1.82, 2.24) is 10.3 Å². The first-order valence-corrected chi connectivity index (χ1v) is 9.89. The smallest absolute Gasteiger partial charge is 0.325 e. The molecule has 2 aromatic carbocycles. The topological polar surface area (TPSA) is 92.4 Å². The Morgan fingerprint density at radius 2 is 1.83 bits per heavy atom. The number of rotatable bonds is 7. The number of benzene rings is 2. The fraction of sp³-hybridized carbons (Fsp3) is 0.190. The number of para-hydroxylation sites is 1. The van der Waals surface area contributed by atoms with E-state index < -0.39 is 0 Å². The van der Waals surface area contributed by atoms with Crippen LogP contribution in [0.25, 0.3) is 0 Å². The Hall–Kier alpha value is -3.39. The molecule has 150 valence electrons. The highest BCUT2D eigenvalue weighted by molar-refractivity contribution is 7.14. The molecule has 3 amide bonds. The summed E-state index contributed by atoms with van der Waals surface area (Å²) in [5.41, 5.74) is 3.31. The second-order valence-electron chi connectivity index (χ2n) is 6.35. The number of thiazole rings is 1. The summed E-state index contributed by atoms with van der Waals surface area (Å²) >= 11 is 1.27. The summed E-state index contributed by atoms with van der Waals surface area (Å²) in [5.74, 6) is 0.574. The van der Waals surface area contributed by atoms with Crippen molar-refractivity contribution >= 4 is 34.1 Å². The average Bonchev–Trinajstić information content (AvgIpc) is 3.14. The van der Waals surface area contributed by atoms with Gasteiger partial charge in [0.1, 0.15) is 5.75 Å². The predicted molar refractivity (Wildman–Crippen MR) is 114 cm³/mol. The molecule has 0 saturated carbocycles. The van der Waals surface area contributed by atoms with Crippen LogP contribution in [-0.4, -0.2) is 24.0 Å². The molecule has 1 aromatic heterocycles. The minimum absolute atomic E-state index is 0.132. The van der Waals surface area contributed by atoms with Crippen LogP contribution in [0.5, 0.6) is 5.75 Å². The second-order valence-corrected chi connectivity index (χ2v) is 7.21. The van der Waals surface area contributed by atoms with E-state index in [1.165, 1.54) is 11.3 Å². The number of ether oxygens (including phenoxy) is 1. The Kier molecular flexibility index (Phi) is 6.80. The number of hydrogen-bond acceptors (Lipinski definition) is 5. The molecule has 0 bridgehead atoms. The molecule has 7 nitrogen and oxygen atoms in total. The molecule has 29 heavy (non-hydrogen) atoms. The van der Waals surface area contributed by atoms with Crippen molar-refractivity contribution in [3.05, 3.63) is 70.7 Å². The number of nitrogens with one attached hydrogen (secondary N) is 3. The summed E-state index contributed by atoms with van der Waals surface area (Å²) in [4.78, 5) is 28.6. The quantitative estimate of drug-likeness (QED) is 0.550. The summed E-state index contributed by atoms with van der Waals surface area (Å²) in [6, 6.07) is 14.6. The monoisotopic (exact) mass is 410 g/mol. The van der Waals surface area contributed by atoms with E-state index in [1.807, 2.05) is 55.5 Å². The van der Waals surface area contributed by atoms with Gasteiger partial charge in [0.15, 0.2) is 5.13 Å². The normalized spacial score (nSPS) is 10.3. The lowest BCUT2D eigenvalue weighted by Gasteiger charge is -2.09. The van der Waals surface area contributed by atoms with Crippen molar-refractivity contribution in [3.8, 4) is 5.75 Å². The van der Waals surface area contributed by atoms with Gasteiger partial charge in [-0.15, -0.1) is 11.3 Å². The predicted octanol–water partition coefficient (Wildman–Crippen LogP) is 3.96. The van der Waals surface area contributed by atoms with Crippen LogP contribution >= 0.6 is 11.3 Å². The number of aromatic nitrogens is 1. The molecular formula is C21H22N4O3S. The van der Waals surface area contributed by atoms with Gasteiger partial charge in [0.05, 0.1) is 19.2 Å². The zero-order valence-corrected chi connectivity index (χ0v) is 17.0. The molecular weight excluding hydrogens is 388 g/mol. The van der Waals surface area contributed by atoms with Crippen molar-refractivity contribution in [2.45, 2.75) is 19.9 Å². The Morgan fingerprint density at radius 3 is 2.59 bits per heavy atom. The number of nitrogens with zero attached hydrogens (tertiary/aromatic N) is 1. The van der Waals surface area contributed by atoms with Gasteiger partial charge in [-0.1, -0.05) is 35.9 Å². The van der Waals surface area contributed by atoms with E-state index in [9.17, 15) is 9.59 Å². The Balaban J connectivity index is 1.48. The molecule has 3 N–H and O–H groups in total. The SMILES string of the molecule is COc1ccccc1CNC(=O)Cc1csc(NC(=O)Nc2ccc(C)cc2)n1. The fourth-order valence-corrected chi connectivity index (χ4v) is 3.32. The Labute approximate surface area is 173 Å². The standard InChI is InChI=1S/C21H22N4O3S/c1-14-7-9-16(10-8-14)23-20(27)25-21-24-17(13-29-21)11-19(26)22-12-15-5-3-4-6-18(15)28-2/h3-10,13H,11-12H2,1-2H3,(H,22,26)(H2,23,24,25,27). The molecule has 0 unspecified atom stereocenters. The van der Waals surface area contributed by atoms with Gasteiger partial charge in [0.2, 0.25) is 5.91 Å². The largest absolute Gasteiger partial charge is 0.496 e. The average molecular weight is 410 g/mol. The van der Waals surface area contributed by atoms with Gasteiger partial charge >= 0.3 is 6.03 Å². The van der Waals surface area contributed by atoms with Crippen molar-refractivity contribution in [2.75, 3.05) is 17.7 Å². The first-order valence-electron chi connectivity index (χ1n) is 9.01. The van der Waals surface area contributed by atoms with Crippen LogP contribution in [-0.2, 0) is 17.8 Å². The number of aryl methyl sites for hydroxylation is 1. The number of amides is 3. The number of hydrogen-bond donors (Lipinski definition) is 3. The maximum absolute atomic E-state index is 12.2. The highest BCUT2D eigenvalue weighted by atomic mass is 32.1. The lowest BCUT2D eigenvalue weighted by Crippen LogP contribution is -2.25. The number of carbonyl (C=O) groups excluding carboxylic acids is 2. The van der Waals surface area contributed by atoms with E-state index in [0.717, 1.165) is 16.9 Å². The van der Waals surface area contributed by atoms with Crippen molar-refractivity contribution < 1.29 is 14.3 Å². The molecule has 8 heteroatoms. The zero-order chi connectivity index (χ0) is 20.6. The molecule has 0 fully saturated rings. The maximum atomic E-state index is 12.2. The van der Waals surface area contributed by atoms with Crippen LogP contribution in [0.1, 0.15) is 16.8 Å². The van der Waals surface area contributed by atoms with Crippen LogP contribution in [0.15, 0.2) is 53.9 Å². The molecule has 0 aliphatic heterocycles. The molecule has 0 atom stereocenters. The number of carbonyl (C=O) groups is 2. The molecule has 1 heterocycles. The van der Waals surface area contributed by atoms with Crippen LogP contribution in [0, 0.1) is 6.92 Å². The fourth-order valence-electron chi connectivity index (χ4n) is 2.61. The molecule has 0 aliphatic carbocycles. The van der Waals surface area contributed by atoms with Crippen LogP contribution in [0.4, 0.5) is 15.6 Å². The van der Waals surface area contributed by atoms with Gasteiger partial charge in [0, 0.05) is 23.2 Å². The van der Waals surface area contributed by atoms with Gasteiger partial charge in [-0.2, -0.15) is 0 Å². The summed E-state index contributed by atoms with van der Waals surface area (Å²) in [5, 5.41) is 10.5. The van der Waals surface area contributed by atoms with E-state index in [2.05, 4.69) is 20.9 Å². The van der Waals surface area contributed by atoms with Gasteiger partial charge in [-0.3, -0.25) is 10.1 Å². The summed E-state index contributed by atoms with van der Waals surface area (Å²) < 4.78 is 5.28. The second kappa shape index (κ2) is 9.70. The molecule has 0 aliphatic rings. The van der Waals surface area contributed by atoms with Crippen molar-refractivity contribution in [2.24, 2.45) is 0 Å². The third-order valence-corrected chi connectivity index (χ3v) is 4.90. The van der Waals surface area contributed by atoms with Gasteiger partial charge < -0.3 is 15.4 Å². The van der Waals surface area contributed by atoms with Gasteiger partial charge in [-0.25, -0.2) is 9.78 Å². The zero-order valence-electron chi connectivity index (χ0n) is 16.2. The summed E-state index contributed by atoms with van der Waals surface area (Å²) in [6.45, 7) is 2.35. The first-order chi connectivity index (χ1) is 14.0. The lowest BCUT2D eigenvalue weighted by atomic mass is 10.2. The molecule has 0 saturated heterocycles. The summed E-state index contributed by atoms with van der Waals surface area (Å²) in [6.07, 6.45) is 0.132. The van der Waals surface area contributed by atoms with E-state index in [1.54, 1.807) is 12.5 Å².